The van der Waals surface area contributed by atoms with E-state index in [0.29, 0.717) is 5.92 Å². The smallest absolute Gasteiger partial charge is 0.0705 e. The molecule has 0 bridgehead atoms. The highest BCUT2D eigenvalue weighted by Gasteiger charge is 2.16. The Morgan fingerprint density at radius 3 is 2.78 bits per heavy atom. The number of hydrogen-bond donors (Lipinski definition) is 1. The number of pyridine rings is 1. The largest absolute Gasteiger partial charge is 0.392 e. The lowest BCUT2D eigenvalue weighted by Gasteiger charge is -2.22. The van der Waals surface area contributed by atoms with Crippen molar-refractivity contribution in [2.24, 2.45) is 0 Å². The van der Waals surface area contributed by atoms with E-state index in [-0.39, 0.29) is 6.61 Å². The number of aliphatic hydroxyl groups is 1. The van der Waals surface area contributed by atoms with E-state index in [0.717, 1.165) is 16.5 Å². The molecular weight excluding hydrogens is 222 g/mol. The van der Waals surface area contributed by atoms with Crippen LogP contribution in [0.3, 0.4) is 0 Å². The fourth-order valence-electron chi connectivity index (χ4n) is 3.02. The molecule has 1 aromatic carbocycles. The van der Waals surface area contributed by atoms with Gasteiger partial charge in [0.2, 0.25) is 0 Å². The molecule has 2 heteroatoms. The second-order valence-corrected chi connectivity index (χ2v) is 5.25. The van der Waals surface area contributed by atoms with E-state index in [2.05, 4.69) is 11.1 Å². The van der Waals surface area contributed by atoms with Gasteiger partial charge in [0.15, 0.2) is 0 Å². The van der Waals surface area contributed by atoms with Gasteiger partial charge in [0.05, 0.1) is 12.1 Å². The van der Waals surface area contributed by atoms with Crippen molar-refractivity contribution in [1.29, 1.82) is 0 Å². The van der Waals surface area contributed by atoms with Gasteiger partial charge in [-0.2, -0.15) is 0 Å². The molecule has 0 amide bonds. The molecule has 0 saturated heterocycles. The van der Waals surface area contributed by atoms with Crippen LogP contribution in [-0.2, 0) is 6.61 Å². The number of aliphatic hydroxyl groups excluding tert-OH is 1. The van der Waals surface area contributed by atoms with Gasteiger partial charge >= 0.3 is 0 Å². The third-order valence-corrected chi connectivity index (χ3v) is 4.08. The molecule has 0 atom stereocenters. The summed E-state index contributed by atoms with van der Waals surface area (Å²) >= 11 is 0. The van der Waals surface area contributed by atoms with Gasteiger partial charge in [-0.25, -0.2) is 0 Å². The highest BCUT2D eigenvalue weighted by molar-refractivity contribution is 5.82. The minimum absolute atomic E-state index is 0.0904. The van der Waals surface area contributed by atoms with Crippen molar-refractivity contribution in [1.82, 2.24) is 4.98 Å². The van der Waals surface area contributed by atoms with Crippen LogP contribution in [0.5, 0.6) is 0 Å². The van der Waals surface area contributed by atoms with Crippen LogP contribution < -0.4 is 0 Å². The van der Waals surface area contributed by atoms with E-state index in [1.165, 1.54) is 37.7 Å². The van der Waals surface area contributed by atoms with E-state index in [1.54, 1.807) is 0 Å². The van der Waals surface area contributed by atoms with Gasteiger partial charge in [-0.3, -0.25) is 4.98 Å². The van der Waals surface area contributed by atoms with Gasteiger partial charge in [-0.1, -0.05) is 31.4 Å². The summed E-state index contributed by atoms with van der Waals surface area (Å²) in [5, 5.41) is 10.5. The number of hydrogen-bond acceptors (Lipinski definition) is 2. The lowest BCUT2D eigenvalue weighted by Crippen LogP contribution is -2.05. The lowest BCUT2D eigenvalue weighted by atomic mass is 9.84. The lowest BCUT2D eigenvalue weighted by molar-refractivity contribution is 0.283. The summed E-state index contributed by atoms with van der Waals surface area (Å²) in [5.41, 5.74) is 3.32. The molecule has 1 heterocycles. The standard InChI is InChI=1S/C16H19NO/c18-11-13-7-4-8-16-15(13)9-14(10-17-16)12-5-2-1-3-6-12/h4,7-10,12,18H,1-3,5-6,11H2. The molecular formula is C16H19NO. The summed E-state index contributed by atoms with van der Waals surface area (Å²) in [6.07, 6.45) is 8.65. The molecule has 94 valence electrons. The second kappa shape index (κ2) is 5.07. The van der Waals surface area contributed by atoms with Crippen molar-refractivity contribution < 1.29 is 5.11 Å². The minimum atomic E-state index is 0.0904. The molecule has 18 heavy (non-hydrogen) atoms. The van der Waals surface area contributed by atoms with Crippen molar-refractivity contribution in [3.63, 3.8) is 0 Å². The van der Waals surface area contributed by atoms with Crippen LogP contribution in [0.15, 0.2) is 30.5 Å². The van der Waals surface area contributed by atoms with Crippen LogP contribution in [-0.4, -0.2) is 10.1 Å². The molecule has 0 unspecified atom stereocenters. The molecule has 0 radical (unpaired) electrons. The van der Waals surface area contributed by atoms with Crippen molar-refractivity contribution in [3.05, 3.63) is 41.6 Å². The number of aromatic nitrogens is 1. The maximum Gasteiger partial charge on any atom is 0.0705 e. The maximum absolute atomic E-state index is 9.41. The van der Waals surface area contributed by atoms with E-state index in [4.69, 9.17) is 0 Å². The van der Waals surface area contributed by atoms with Gasteiger partial charge in [-0.05, 0) is 42.0 Å². The van der Waals surface area contributed by atoms with Crippen molar-refractivity contribution in [2.75, 3.05) is 0 Å². The normalized spacial score (nSPS) is 17.2. The predicted molar refractivity (Wildman–Crippen MR) is 73.5 cm³/mol. The average Bonchev–Trinajstić information content (AvgIpc) is 2.47. The Morgan fingerprint density at radius 1 is 1.17 bits per heavy atom. The Bertz CT molecular complexity index is 544. The molecule has 1 saturated carbocycles. The molecule has 1 aliphatic carbocycles. The van der Waals surface area contributed by atoms with Crippen LogP contribution in [0.25, 0.3) is 10.9 Å². The van der Waals surface area contributed by atoms with Crippen molar-refractivity contribution >= 4 is 10.9 Å². The van der Waals surface area contributed by atoms with Crippen LogP contribution in [0.1, 0.15) is 49.1 Å². The Hall–Kier alpha value is -1.41. The van der Waals surface area contributed by atoms with E-state index in [1.807, 2.05) is 24.4 Å². The first kappa shape index (κ1) is 11.7. The predicted octanol–water partition coefficient (Wildman–Crippen LogP) is 3.77. The van der Waals surface area contributed by atoms with Crippen LogP contribution in [0, 0.1) is 0 Å². The minimum Gasteiger partial charge on any atom is -0.392 e. The first-order chi connectivity index (χ1) is 8.88. The molecule has 3 rings (SSSR count). The van der Waals surface area contributed by atoms with Crippen LogP contribution in [0.2, 0.25) is 0 Å². The van der Waals surface area contributed by atoms with E-state index in [9.17, 15) is 5.11 Å². The summed E-state index contributed by atoms with van der Waals surface area (Å²) in [5.74, 6) is 0.669. The van der Waals surface area contributed by atoms with Gasteiger partial charge in [-0.15, -0.1) is 0 Å². The fraction of sp³-hybridized carbons (Fsp3) is 0.438. The number of nitrogens with zero attached hydrogens (tertiary/aromatic N) is 1. The maximum atomic E-state index is 9.41. The van der Waals surface area contributed by atoms with Crippen LogP contribution >= 0.6 is 0 Å². The molecule has 1 aliphatic rings. The summed E-state index contributed by atoms with van der Waals surface area (Å²) in [6.45, 7) is 0.0904. The highest BCUT2D eigenvalue weighted by atomic mass is 16.3. The second-order valence-electron chi connectivity index (χ2n) is 5.25. The summed E-state index contributed by atoms with van der Waals surface area (Å²) in [7, 11) is 0. The Balaban J connectivity index is 2.03. The third-order valence-electron chi connectivity index (χ3n) is 4.08. The molecule has 2 nitrogen and oxygen atoms in total. The quantitative estimate of drug-likeness (QED) is 0.868. The molecule has 1 aromatic heterocycles. The van der Waals surface area contributed by atoms with Gasteiger partial charge in [0.1, 0.15) is 0 Å². The van der Waals surface area contributed by atoms with Gasteiger partial charge in [0.25, 0.3) is 0 Å². The monoisotopic (exact) mass is 241 g/mol. The van der Waals surface area contributed by atoms with Crippen molar-refractivity contribution in [3.8, 4) is 0 Å². The number of rotatable bonds is 2. The van der Waals surface area contributed by atoms with E-state index < -0.39 is 0 Å². The summed E-state index contributed by atoms with van der Waals surface area (Å²) in [4.78, 5) is 4.55. The Labute approximate surface area is 108 Å². The summed E-state index contributed by atoms with van der Waals surface area (Å²) in [6, 6.07) is 8.19. The van der Waals surface area contributed by atoms with E-state index >= 15 is 0 Å². The third kappa shape index (κ3) is 2.13. The average molecular weight is 241 g/mol. The first-order valence-corrected chi connectivity index (χ1v) is 6.87. The zero-order valence-electron chi connectivity index (χ0n) is 10.6. The number of benzene rings is 1. The molecule has 0 spiro atoms. The molecule has 1 N–H and O–H groups in total. The molecule has 0 aliphatic heterocycles. The van der Waals surface area contributed by atoms with Crippen LogP contribution in [0.4, 0.5) is 0 Å². The Kier molecular flexibility index (Phi) is 3.28. The highest BCUT2D eigenvalue weighted by Crippen LogP contribution is 2.33. The number of fused-ring (bicyclic) bond motifs is 1. The zero-order valence-corrected chi connectivity index (χ0v) is 10.6. The SMILES string of the molecule is OCc1cccc2ncc(C3CCCCC3)cc12. The first-order valence-electron chi connectivity index (χ1n) is 6.87. The Morgan fingerprint density at radius 2 is 2.00 bits per heavy atom. The fourth-order valence-corrected chi connectivity index (χ4v) is 3.02. The zero-order chi connectivity index (χ0) is 12.4. The van der Waals surface area contributed by atoms with Gasteiger partial charge < -0.3 is 5.11 Å². The van der Waals surface area contributed by atoms with Crippen molar-refractivity contribution in [2.45, 2.75) is 44.6 Å². The molecule has 2 aromatic rings. The summed E-state index contributed by atoms with van der Waals surface area (Å²) < 4.78 is 0. The molecule has 1 fully saturated rings. The van der Waals surface area contributed by atoms with Gasteiger partial charge in [0, 0.05) is 11.6 Å². The topological polar surface area (TPSA) is 33.1 Å².